The van der Waals surface area contributed by atoms with Gasteiger partial charge >= 0.3 is 115 Å². The minimum atomic E-state index is -1.60. The van der Waals surface area contributed by atoms with Crippen LogP contribution in [0.4, 0.5) is 0 Å². The number of hydrogen-bond donors (Lipinski definition) is 1. The summed E-state index contributed by atoms with van der Waals surface area (Å²) in [6.07, 6.45) is 2.56. The Balaban J connectivity index is 1.99. The van der Waals surface area contributed by atoms with Crippen molar-refractivity contribution in [2.75, 3.05) is 0 Å². The molecule has 0 heterocycles. The van der Waals surface area contributed by atoms with Gasteiger partial charge < -0.3 is 0 Å². The summed E-state index contributed by atoms with van der Waals surface area (Å²) in [6.45, 7) is 1.47. The fourth-order valence-corrected chi connectivity index (χ4v) is 8.10. The minimum absolute atomic E-state index is 0.151. The van der Waals surface area contributed by atoms with E-state index in [0.29, 0.717) is 3.43 Å². The first kappa shape index (κ1) is 13.0. The molecule has 1 aromatic rings. The molecule has 0 radical (unpaired) electrons. The molecule has 17 heavy (non-hydrogen) atoms. The number of rotatable bonds is 3. The molecule has 0 saturated heterocycles. The maximum atomic E-state index is 10.8. The Labute approximate surface area is 114 Å². The molecule has 0 spiro atoms. The molecule has 0 bridgehead atoms. The fraction of sp³-hybridized carbons (Fsp3) is 0.462. The van der Waals surface area contributed by atoms with Gasteiger partial charge in [0.15, 0.2) is 0 Å². The average molecular weight is 421 g/mol. The van der Waals surface area contributed by atoms with Crippen LogP contribution in [0.2, 0.25) is 3.43 Å². The SMILES string of the molecule is CC(=O)[O][Hg][CH]1CCC(O)(c2ccccc2)C1. The van der Waals surface area contributed by atoms with Crippen LogP contribution in [-0.4, -0.2) is 11.1 Å². The Morgan fingerprint density at radius 3 is 2.82 bits per heavy atom. The van der Waals surface area contributed by atoms with Crippen molar-refractivity contribution in [3.8, 4) is 0 Å². The zero-order chi connectivity index (χ0) is 12.3. The van der Waals surface area contributed by atoms with E-state index in [9.17, 15) is 9.90 Å². The van der Waals surface area contributed by atoms with Crippen LogP contribution in [0.1, 0.15) is 31.7 Å². The van der Waals surface area contributed by atoms with Crippen molar-refractivity contribution in [3.63, 3.8) is 0 Å². The normalized spacial score (nSPS) is 27.5. The van der Waals surface area contributed by atoms with E-state index in [2.05, 4.69) is 0 Å². The van der Waals surface area contributed by atoms with E-state index in [1.54, 1.807) is 0 Å². The van der Waals surface area contributed by atoms with Gasteiger partial charge in [-0.05, 0) is 0 Å². The quantitative estimate of drug-likeness (QED) is 0.764. The van der Waals surface area contributed by atoms with Gasteiger partial charge in [-0.1, -0.05) is 0 Å². The van der Waals surface area contributed by atoms with Crippen LogP contribution in [0.3, 0.4) is 0 Å². The van der Waals surface area contributed by atoms with Gasteiger partial charge in [0.1, 0.15) is 0 Å². The molecule has 1 N–H and O–H groups in total. The Kier molecular flexibility index (Phi) is 4.20. The second kappa shape index (κ2) is 5.49. The van der Waals surface area contributed by atoms with Gasteiger partial charge in [-0.2, -0.15) is 0 Å². The Hall–Kier alpha value is -0.415. The van der Waals surface area contributed by atoms with Gasteiger partial charge in [0.2, 0.25) is 0 Å². The second-order valence-corrected chi connectivity index (χ2v) is 11.7. The van der Waals surface area contributed by atoms with Crippen LogP contribution in [-0.2, 0) is 38.1 Å². The molecule has 1 fully saturated rings. The van der Waals surface area contributed by atoms with E-state index in [0.717, 1.165) is 24.8 Å². The van der Waals surface area contributed by atoms with E-state index >= 15 is 0 Å². The molecule has 0 amide bonds. The van der Waals surface area contributed by atoms with Crippen LogP contribution >= 0.6 is 0 Å². The summed E-state index contributed by atoms with van der Waals surface area (Å²) in [6, 6.07) is 9.82. The third kappa shape index (κ3) is 3.29. The molecule has 1 aromatic carbocycles. The summed E-state index contributed by atoms with van der Waals surface area (Å²) in [5.74, 6) is -0.151. The van der Waals surface area contributed by atoms with Gasteiger partial charge in [0.25, 0.3) is 0 Å². The second-order valence-electron chi connectivity index (χ2n) is 4.81. The third-order valence-electron chi connectivity index (χ3n) is 3.43. The van der Waals surface area contributed by atoms with Gasteiger partial charge in [-0.25, -0.2) is 0 Å². The standard InChI is InChI=1S/C11H13O.C2H4O2.Hg/c12-11(8-4-5-9-11)10-6-2-1-3-7-10;1-2(3)4;/h1-4,6-7,12H,5,8-9H2;1H3,(H,3,4);/q;;+1/p-1. The first-order chi connectivity index (χ1) is 8.10. The van der Waals surface area contributed by atoms with Crippen molar-refractivity contribution in [3.05, 3.63) is 35.9 Å². The number of carbonyl (C=O) groups is 1. The van der Waals surface area contributed by atoms with Crippen molar-refractivity contribution in [1.82, 2.24) is 0 Å². The summed E-state index contributed by atoms with van der Waals surface area (Å²) < 4.78 is 5.72. The van der Waals surface area contributed by atoms with Crippen LogP contribution in [0.5, 0.6) is 0 Å². The van der Waals surface area contributed by atoms with Crippen molar-refractivity contribution in [2.24, 2.45) is 0 Å². The number of benzene rings is 1. The topological polar surface area (TPSA) is 46.5 Å². The van der Waals surface area contributed by atoms with Crippen molar-refractivity contribution < 1.29 is 37.6 Å². The van der Waals surface area contributed by atoms with Crippen LogP contribution in [0, 0.1) is 0 Å². The Bertz CT molecular complexity index is 393. The summed E-state index contributed by atoms with van der Waals surface area (Å²) in [4.78, 5) is 10.8. The first-order valence-electron chi connectivity index (χ1n) is 6.01. The summed E-state index contributed by atoms with van der Waals surface area (Å²) in [5.41, 5.74) is 0.310. The van der Waals surface area contributed by atoms with Crippen molar-refractivity contribution in [1.29, 1.82) is 0 Å². The molecule has 1 aliphatic rings. The molecule has 2 unspecified atom stereocenters. The monoisotopic (exact) mass is 422 g/mol. The fourth-order valence-electron chi connectivity index (χ4n) is 2.51. The number of aliphatic hydroxyl groups is 1. The molecule has 1 aliphatic carbocycles. The number of carbonyl (C=O) groups excluding carboxylic acids is 1. The number of hydrogen-bond acceptors (Lipinski definition) is 3. The van der Waals surface area contributed by atoms with Gasteiger partial charge in [-0.15, -0.1) is 0 Å². The van der Waals surface area contributed by atoms with Gasteiger partial charge in [-0.3, -0.25) is 0 Å². The first-order valence-corrected chi connectivity index (χ1v) is 11.4. The molecule has 2 rings (SSSR count). The zero-order valence-electron chi connectivity index (χ0n) is 10.1. The van der Waals surface area contributed by atoms with Gasteiger partial charge in [0, 0.05) is 0 Å². The predicted octanol–water partition coefficient (Wildman–Crippen LogP) is 2.41. The Morgan fingerprint density at radius 2 is 2.18 bits per heavy atom. The van der Waals surface area contributed by atoms with E-state index in [-0.39, 0.29) is 5.97 Å². The summed E-state index contributed by atoms with van der Waals surface area (Å²) >= 11 is -1.60. The van der Waals surface area contributed by atoms with Crippen molar-refractivity contribution in [2.45, 2.75) is 35.2 Å². The van der Waals surface area contributed by atoms with E-state index < -0.39 is 30.6 Å². The molecule has 0 aliphatic heterocycles. The van der Waals surface area contributed by atoms with Crippen molar-refractivity contribution >= 4 is 5.97 Å². The third-order valence-corrected chi connectivity index (χ3v) is 10.2. The molecular formula is C13H16HgO3. The molecule has 1 saturated carbocycles. The van der Waals surface area contributed by atoms with Crippen LogP contribution in [0.25, 0.3) is 0 Å². The average Bonchev–Trinajstić information content (AvgIpc) is 2.71. The Morgan fingerprint density at radius 1 is 1.47 bits per heavy atom. The van der Waals surface area contributed by atoms with E-state index in [1.165, 1.54) is 6.92 Å². The van der Waals surface area contributed by atoms with Crippen LogP contribution in [0.15, 0.2) is 30.3 Å². The maximum absolute atomic E-state index is 10.8. The zero-order valence-corrected chi connectivity index (χ0v) is 15.6. The summed E-state index contributed by atoms with van der Waals surface area (Å²) in [7, 11) is 0. The molecular weight excluding hydrogens is 405 g/mol. The van der Waals surface area contributed by atoms with E-state index in [1.807, 2.05) is 30.3 Å². The molecule has 3 nitrogen and oxygen atoms in total. The van der Waals surface area contributed by atoms with E-state index in [4.69, 9.17) is 2.64 Å². The van der Waals surface area contributed by atoms with Gasteiger partial charge in [0.05, 0.1) is 0 Å². The molecule has 0 aromatic heterocycles. The molecule has 2 atom stereocenters. The molecule has 88 valence electrons. The van der Waals surface area contributed by atoms with Crippen LogP contribution < -0.4 is 0 Å². The molecule has 4 heteroatoms. The predicted molar refractivity (Wildman–Crippen MR) is 59.7 cm³/mol. The summed E-state index contributed by atoms with van der Waals surface area (Å²) in [5, 5.41) is 10.6.